The zero-order valence-electron chi connectivity index (χ0n) is 15.2. The van der Waals surface area contributed by atoms with Crippen LogP contribution in [0.1, 0.15) is 26.7 Å². The van der Waals surface area contributed by atoms with Gasteiger partial charge >= 0.3 is 0 Å². The van der Waals surface area contributed by atoms with Gasteiger partial charge in [-0.3, -0.25) is 4.79 Å². The van der Waals surface area contributed by atoms with Crippen molar-refractivity contribution in [2.24, 2.45) is 5.92 Å². The summed E-state index contributed by atoms with van der Waals surface area (Å²) in [6.07, 6.45) is 1.93. The van der Waals surface area contributed by atoms with E-state index in [1.807, 2.05) is 25.1 Å². The summed E-state index contributed by atoms with van der Waals surface area (Å²) in [7, 11) is 0. The van der Waals surface area contributed by atoms with Gasteiger partial charge in [-0.15, -0.1) is 12.4 Å². The van der Waals surface area contributed by atoms with E-state index in [-0.39, 0.29) is 18.3 Å². The molecule has 5 nitrogen and oxygen atoms in total. The number of amides is 1. The molecule has 2 saturated heterocycles. The lowest BCUT2D eigenvalue weighted by molar-refractivity contribution is -0.137. The van der Waals surface area contributed by atoms with E-state index in [1.54, 1.807) is 0 Å². The fraction of sp³-hybridized carbons (Fsp3) is 0.632. The number of hydrogen-bond acceptors (Lipinski definition) is 4. The van der Waals surface area contributed by atoms with Crippen LogP contribution in [0.15, 0.2) is 24.3 Å². The summed E-state index contributed by atoms with van der Waals surface area (Å²) in [5, 5.41) is 3.42. The first-order chi connectivity index (χ1) is 11.7. The zero-order valence-corrected chi connectivity index (χ0v) is 16.1. The summed E-state index contributed by atoms with van der Waals surface area (Å²) in [4.78, 5) is 17.2. The van der Waals surface area contributed by atoms with Crippen LogP contribution in [0.4, 0.5) is 5.69 Å². The number of hydrogen-bond donors (Lipinski definition) is 1. The number of para-hydroxylation sites is 2. The molecule has 140 valence electrons. The Labute approximate surface area is 157 Å². The molecular formula is C19H30ClN3O2. The fourth-order valence-corrected chi connectivity index (χ4v) is 3.78. The first-order valence-corrected chi connectivity index (χ1v) is 9.18. The van der Waals surface area contributed by atoms with Crippen molar-refractivity contribution in [1.82, 2.24) is 10.2 Å². The van der Waals surface area contributed by atoms with Gasteiger partial charge in [-0.2, -0.15) is 0 Å². The van der Waals surface area contributed by atoms with E-state index in [4.69, 9.17) is 4.74 Å². The van der Waals surface area contributed by atoms with E-state index >= 15 is 0 Å². The molecule has 0 radical (unpaired) electrons. The highest BCUT2D eigenvalue weighted by atomic mass is 35.5. The maximum Gasteiger partial charge on any atom is 0.225 e. The Balaban J connectivity index is 0.00000225. The maximum absolute atomic E-state index is 12.8. The lowest BCUT2D eigenvalue weighted by Crippen LogP contribution is -2.52. The highest BCUT2D eigenvalue weighted by molar-refractivity contribution is 5.85. The number of piperidine rings is 1. The fourth-order valence-electron chi connectivity index (χ4n) is 3.78. The predicted molar refractivity (Wildman–Crippen MR) is 104 cm³/mol. The lowest BCUT2D eigenvalue weighted by Gasteiger charge is -2.39. The van der Waals surface area contributed by atoms with Crippen molar-refractivity contribution in [2.75, 3.05) is 44.2 Å². The normalized spacial score (nSPS) is 23.8. The van der Waals surface area contributed by atoms with Crippen LogP contribution in [0.25, 0.3) is 0 Å². The van der Waals surface area contributed by atoms with Crippen LogP contribution in [-0.4, -0.2) is 56.2 Å². The Morgan fingerprint density at radius 2 is 1.96 bits per heavy atom. The molecule has 2 aliphatic heterocycles. The van der Waals surface area contributed by atoms with Crippen LogP contribution in [0.3, 0.4) is 0 Å². The first-order valence-electron chi connectivity index (χ1n) is 9.18. The van der Waals surface area contributed by atoms with Crippen molar-refractivity contribution in [3.05, 3.63) is 24.3 Å². The Kier molecular flexibility index (Phi) is 7.38. The van der Waals surface area contributed by atoms with Gasteiger partial charge in [0.2, 0.25) is 5.91 Å². The van der Waals surface area contributed by atoms with E-state index in [2.05, 4.69) is 28.1 Å². The Hall–Kier alpha value is -1.46. The molecule has 1 aromatic carbocycles. The minimum absolute atomic E-state index is 0. The summed E-state index contributed by atoms with van der Waals surface area (Å²) in [6.45, 7) is 9.15. The second-order valence-corrected chi connectivity index (χ2v) is 6.79. The molecular weight excluding hydrogens is 338 g/mol. The van der Waals surface area contributed by atoms with Crippen LogP contribution in [0.5, 0.6) is 5.75 Å². The summed E-state index contributed by atoms with van der Waals surface area (Å²) in [5.41, 5.74) is 1.14. The first kappa shape index (κ1) is 19.9. The molecule has 1 amide bonds. The minimum atomic E-state index is 0. The Bertz CT molecular complexity index is 561. The number of carbonyl (C=O) groups excluding carboxylic acids is 1. The standard InChI is InChI=1S/C19H29N3O2.ClH/c1-3-24-18-7-5-4-6-17(18)21-10-12-22(13-11-21)19(23)16-8-9-20-15(2)14-16;/h4-7,15-16,20H,3,8-14H2,1-2H3;1H/t15-,16-;/m0./s1. The average Bonchev–Trinajstić information content (AvgIpc) is 2.62. The molecule has 0 aliphatic carbocycles. The van der Waals surface area contributed by atoms with E-state index in [9.17, 15) is 4.79 Å². The topological polar surface area (TPSA) is 44.8 Å². The molecule has 0 bridgehead atoms. The van der Waals surface area contributed by atoms with Crippen molar-refractivity contribution >= 4 is 24.0 Å². The van der Waals surface area contributed by atoms with Crippen molar-refractivity contribution in [3.63, 3.8) is 0 Å². The third-order valence-corrected chi connectivity index (χ3v) is 5.07. The van der Waals surface area contributed by atoms with Gasteiger partial charge in [-0.1, -0.05) is 12.1 Å². The van der Waals surface area contributed by atoms with Crippen molar-refractivity contribution in [1.29, 1.82) is 0 Å². The highest BCUT2D eigenvalue weighted by Crippen LogP contribution is 2.29. The monoisotopic (exact) mass is 367 g/mol. The summed E-state index contributed by atoms with van der Waals surface area (Å²) >= 11 is 0. The van der Waals surface area contributed by atoms with Crippen LogP contribution < -0.4 is 15.0 Å². The number of anilines is 1. The van der Waals surface area contributed by atoms with Crippen LogP contribution >= 0.6 is 12.4 Å². The summed E-state index contributed by atoms with van der Waals surface area (Å²) in [5.74, 6) is 1.48. The number of ether oxygens (including phenoxy) is 1. The Morgan fingerprint density at radius 3 is 2.64 bits per heavy atom. The smallest absolute Gasteiger partial charge is 0.225 e. The molecule has 25 heavy (non-hydrogen) atoms. The average molecular weight is 368 g/mol. The summed E-state index contributed by atoms with van der Waals surface area (Å²) in [6, 6.07) is 8.63. The van der Waals surface area contributed by atoms with E-state index in [0.29, 0.717) is 18.6 Å². The summed E-state index contributed by atoms with van der Waals surface area (Å²) < 4.78 is 5.74. The molecule has 6 heteroatoms. The number of benzene rings is 1. The second-order valence-electron chi connectivity index (χ2n) is 6.79. The van der Waals surface area contributed by atoms with Crippen molar-refractivity contribution in [3.8, 4) is 5.75 Å². The van der Waals surface area contributed by atoms with Gasteiger partial charge in [0.25, 0.3) is 0 Å². The SMILES string of the molecule is CCOc1ccccc1N1CCN(C(=O)[C@H]2CCN[C@@H](C)C2)CC1.Cl. The third kappa shape index (κ3) is 4.79. The van der Waals surface area contributed by atoms with Gasteiger partial charge in [0.05, 0.1) is 12.3 Å². The molecule has 0 aromatic heterocycles. The molecule has 0 saturated carbocycles. The highest BCUT2D eigenvalue weighted by Gasteiger charge is 2.30. The number of nitrogens with zero attached hydrogens (tertiary/aromatic N) is 2. The zero-order chi connectivity index (χ0) is 16.9. The van der Waals surface area contributed by atoms with E-state index in [1.165, 1.54) is 0 Å². The number of halogens is 1. The third-order valence-electron chi connectivity index (χ3n) is 5.07. The predicted octanol–water partition coefficient (Wildman–Crippen LogP) is 2.54. The lowest BCUT2D eigenvalue weighted by atomic mass is 9.92. The number of rotatable bonds is 4. The molecule has 2 atom stereocenters. The van der Waals surface area contributed by atoms with Gasteiger partial charge in [-0.05, 0) is 45.4 Å². The van der Waals surface area contributed by atoms with Gasteiger partial charge < -0.3 is 19.9 Å². The van der Waals surface area contributed by atoms with E-state index in [0.717, 1.165) is 57.0 Å². The number of carbonyl (C=O) groups is 1. The minimum Gasteiger partial charge on any atom is -0.492 e. The van der Waals surface area contributed by atoms with Gasteiger partial charge in [-0.25, -0.2) is 0 Å². The van der Waals surface area contributed by atoms with Crippen LogP contribution in [-0.2, 0) is 4.79 Å². The van der Waals surface area contributed by atoms with Gasteiger partial charge in [0.15, 0.2) is 0 Å². The Morgan fingerprint density at radius 1 is 1.24 bits per heavy atom. The molecule has 2 heterocycles. The molecule has 2 fully saturated rings. The molecule has 0 spiro atoms. The van der Waals surface area contributed by atoms with Gasteiger partial charge in [0, 0.05) is 38.1 Å². The van der Waals surface area contributed by atoms with Crippen LogP contribution in [0, 0.1) is 5.92 Å². The van der Waals surface area contributed by atoms with Crippen molar-refractivity contribution < 1.29 is 9.53 Å². The molecule has 1 aromatic rings. The van der Waals surface area contributed by atoms with E-state index < -0.39 is 0 Å². The molecule has 2 aliphatic rings. The molecule has 1 N–H and O–H groups in total. The maximum atomic E-state index is 12.8. The quantitative estimate of drug-likeness (QED) is 0.888. The van der Waals surface area contributed by atoms with Crippen molar-refractivity contribution in [2.45, 2.75) is 32.7 Å². The number of nitrogens with one attached hydrogen (secondary N) is 1. The van der Waals surface area contributed by atoms with Crippen LogP contribution in [0.2, 0.25) is 0 Å². The van der Waals surface area contributed by atoms with Gasteiger partial charge in [0.1, 0.15) is 5.75 Å². The largest absolute Gasteiger partial charge is 0.492 e. The molecule has 3 rings (SSSR count). The molecule has 0 unspecified atom stereocenters. The number of piperazine rings is 1. The second kappa shape index (κ2) is 9.30.